The Morgan fingerprint density at radius 2 is 2.09 bits per heavy atom. The molecule has 4 rings (SSSR count). The van der Waals surface area contributed by atoms with E-state index in [0.717, 1.165) is 24.8 Å². The number of benzene rings is 1. The van der Waals surface area contributed by atoms with E-state index in [2.05, 4.69) is 10.00 Å². The monoisotopic (exact) mass is 457 g/mol. The van der Waals surface area contributed by atoms with Gasteiger partial charge in [0, 0.05) is 36.2 Å². The van der Waals surface area contributed by atoms with Crippen LogP contribution in [0.15, 0.2) is 48.3 Å². The standard InChI is InChI=1S/C24H28FN3O3S/c1-2-22(29)31-18-13-26-28(15-18)12-9-17-14-27(11-10-21(17)32)23(24(30)16-7-8-16)19-5-3-4-6-20(19)25/h3-6,9,13,15-16,21,23,32H,2,7-8,10-12,14H2,1H3. The van der Waals surface area contributed by atoms with Crippen molar-refractivity contribution in [2.24, 2.45) is 5.92 Å². The van der Waals surface area contributed by atoms with Crippen LogP contribution < -0.4 is 4.74 Å². The Bertz CT molecular complexity index is 1020. The van der Waals surface area contributed by atoms with Gasteiger partial charge in [-0.1, -0.05) is 31.2 Å². The second-order valence-electron chi connectivity index (χ2n) is 8.38. The summed E-state index contributed by atoms with van der Waals surface area (Å²) in [4.78, 5) is 26.7. The molecular formula is C24H28FN3O3S. The summed E-state index contributed by atoms with van der Waals surface area (Å²) in [5, 5.41) is 4.30. The minimum absolute atomic E-state index is 0.0362. The van der Waals surface area contributed by atoms with Crippen molar-refractivity contribution >= 4 is 24.4 Å². The maximum atomic E-state index is 14.6. The molecule has 2 aliphatic rings. The number of allylic oxidation sites excluding steroid dienone is 1. The molecule has 1 aliphatic heterocycles. The van der Waals surface area contributed by atoms with Crippen LogP contribution in [0.25, 0.3) is 0 Å². The number of carbonyl (C=O) groups excluding carboxylic acids is 2. The minimum atomic E-state index is -0.572. The molecule has 2 atom stereocenters. The number of nitrogens with zero attached hydrogens (tertiary/aromatic N) is 3. The first kappa shape index (κ1) is 22.7. The summed E-state index contributed by atoms with van der Waals surface area (Å²) in [6.07, 6.45) is 8.09. The van der Waals surface area contributed by atoms with Crippen molar-refractivity contribution in [2.75, 3.05) is 13.1 Å². The number of ketones is 1. The first-order valence-corrected chi connectivity index (χ1v) is 11.6. The van der Waals surface area contributed by atoms with Crippen LogP contribution in [-0.4, -0.2) is 44.8 Å². The zero-order valence-corrected chi connectivity index (χ0v) is 19.0. The molecule has 2 heterocycles. The number of carbonyl (C=O) groups is 2. The van der Waals surface area contributed by atoms with Crippen molar-refractivity contribution in [3.05, 3.63) is 59.7 Å². The quantitative estimate of drug-likeness (QED) is 0.369. The molecule has 1 saturated heterocycles. The minimum Gasteiger partial charge on any atom is -0.423 e. The second kappa shape index (κ2) is 10.0. The molecular weight excluding hydrogens is 429 g/mol. The van der Waals surface area contributed by atoms with Crippen molar-refractivity contribution < 1.29 is 18.7 Å². The number of halogens is 1. The third-order valence-electron chi connectivity index (χ3n) is 5.99. The maximum absolute atomic E-state index is 14.6. The highest BCUT2D eigenvalue weighted by Crippen LogP contribution is 2.39. The number of aromatic nitrogens is 2. The first-order valence-electron chi connectivity index (χ1n) is 11.1. The SMILES string of the molecule is CCC(=O)Oc1cnn(CC=C2CN(C(C(=O)C3CC3)c3ccccc3F)CCC2S)c1. The van der Waals surface area contributed by atoms with E-state index in [1.54, 1.807) is 36.0 Å². The van der Waals surface area contributed by atoms with Gasteiger partial charge < -0.3 is 4.74 Å². The summed E-state index contributed by atoms with van der Waals surface area (Å²) in [6.45, 7) is 3.46. The topological polar surface area (TPSA) is 64.4 Å². The number of likely N-dealkylation sites (tertiary alicyclic amines) is 1. The number of Topliss-reactive ketones (excluding diaryl/α,β-unsaturated/α-hetero) is 1. The molecule has 2 aromatic rings. The summed E-state index contributed by atoms with van der Waals surface area (Å²) in [7, 11) is 0. The summed E-state index contributed by atoms with van der Waals surface area (Å²) >= 11 is 4.73. The molecule has 1 aromatic heterocycles. The average molecular weight is 458 g/mol. The predicted octanol–water partition coefficient (Wildman–Crippen LogP) is 3.99. The number of piperidine rings is 1. The molecule has 0 amide bonds. The molecule has 1 saturated carbocycles. The van der Waals surface area contributed by atoms with Crippen LogP contribution in [0.5, 0.6) is 5.75 Å². The lowest BCUT2D eigenvalue weighted by molar-refractivity contribution is -0.134. The highest BCUT2D eigenvalue weighted by Gasteiger charge is 2.40. The highest BCUT2D eigenvalue weighted by molar-refractivity contribution is 7.81. The molecule has 2 unspecified atom stereocenters. The van der Waals surface area contributed by atoms with E-state index >= 15 is 0 Å². The zero-order chi connectivity index (χ0) is 22.7. The maximum Gasteiger partial charge on any atom is 0.311 e. The Labute approximate surface area is 192 Å². The van der Waals surface area contributed by atoms with Crippen molar-refractivity contribution in [3.63, 3.8) is 0 Å². The van der Waals surface area contributed by atoms with Crippen LogP contribution >= 0.6 is 12.6 Å². The fourth-order valence-electron chi connectivity index (χ4n) is 4.04. The summed E-state index contributed by atoms with van der Waals surface area (Å²) in [5.74, 6) is -0.0790. The smallest absolute Gasteiger partial charge is 0.311 e. The molecule has 8 heteroatoms. The van der Waals surface area contributed by atoms with Gasteiger partial charge in [-0.3, -0.25) is 19.2 Å². The van der Waals surface area contributed by atoms with Gasteiger partial charge in [0.2, 0.25) is 0 Å². The normalized spacial score (nSPS) is 21.5. The summed E-state index contributed by atoms with van der Waals surface area (Å²) < 4.78 is 21.5. The van der Waals surface area contributed by atoms with Crippen LogP contribution in [0.3, 0.4) is 0 Å². The molecule has 0 radical (unpaired) electrons. The van der Waals surface area contributed by atoms with Crippen molar-refractivity contribution in [3.8, 4) is 5.75 Å². The van der Waals surface area contributed by atoms with E-state index in [9.17, 15) is 14.0 Å². The van der Waals surface area contributed by atoms with E-state index in [0.29, 0.717) is 37.4 Å². The number of hydrogen-bond acceptors (Lipinski definition) is 6. The van der Waals surface area contributed by atoms with E-state index < -0.39 is 6.04 Å². The molecule has 170 valence electrons. The Kier molecular flexibility index (Phi) is 7.10. The van der Waals surface area contributed by atoms with Gasteiger partial charge in [0.15, 0.2) is 11.5 Å². The fourth-order valence-corrected chi connectivity index (χ4v) is 4.35. The second-order valence-corrected chi connectivity index (χ2v) is 9.00. The molecule has 1 aliphatic carbocycles. The van der Waals surface area contributed by atoms with Gasteiger partial charge in [-0.15, -0.1) is 0 Å². The summed E-state index contributed by atoms with van der Waals surface area (Å²) in [6, 6.07) is 6.01. The van der Waals surface area contributed by atoms with E-state index in [1.807, 2.05) is 6.08 Å². The Hall–Kier alpha value is -2.45. The van der Waals surface area contributed by atoms with Gasteiger partial charge >= 0.3 is 5.97 Å². The van der Waals surface area contributed by atoms with Gasteiger partial charge in [0.05, 0.1) is 25.0 Å². The van der Waals surface area contributed by atoms with Gasteiger partial charge in [-0.05, 0) is 30.9 Å². The highest BCUT2D eigenvalue weighted by atomic mass is 32.1. The van der Waals surface area contributed by atoms with Crippen molar-refractivity contribution in [1.82, 2.24) is 14.7 Å². The molecule has 0 bridgehead atoms. The van der Waals surface area contributed by atoms with Gasteiger partial charge in [-0.25, -0.2) is 4.39 Å². The van der Waals surface area contributed by atoms with Crippen LogP contribution in [0.1, 0.15) is 44.2 Å². The lowest BCUT2D eigenvalue weighted by atomic mass is 9.93. The van der Waals surface area contributed by atoms with Crippen LogP contribution in [0.4, 0.5) is 4.39 Å². The molecule has 0 spiro atoms. The zero-order valence-electron chi connectivity index (χ0n) is 18.1. The Morgan fingerprint density at radius 1 is 1.31 bits per heavy atom. The van der Waals surface area contributed by atoms with Crippen molar-refractivity contribution in [2.45, 2.75) is 50.4 Å². The molecule has 0 N–H and O–H groups in total. The third-order valence-corrected chi connectivity index (χ3v) is 6.58. The predicted molar refractivity (Wildman–Crippen MR) is 122 cm³/mol. The number of rotatable bonds is 8. The van der Waals surface area contributed by atoms with Gasteiger partial charge in [-0.2, -0.15) is 17.7 Å². The van der Waals surface area contributed by atoms with Crippen LogP contribution in [0.2, 0.25) is 0 Å². The molecule has 32 heavy (non-hydrogen) atoms. The first-order chi connectivity index (χ1) is 15.5. The molecule has 6 nitrogen and oxygen atoms in total. The number of ether oxygens (including phenoxy) is 1. The molecule has 2 fully saturated rings. The number of thiol groups is 1. The Morgan fingerprint density at radius 3 is 2.81 bits per heavy atom. The average Bonchev–Trinajstić information content (AvgIpc) is 3.55. The van der Waals surface area contributed by atoms with Crippen molar-refractivity contribution in [1.29, 1.82) is 0 Å². The number of hydrogen-bond donors (Lipinski definition) is 1. The lowest BCUT2D eigenvalue weighted by Gasteiger charge is -2.37. The third kappa shape index (κ3) is 5.30. The largest absolute Gasteiger partial charge is 0.423 e. The van der Waals surface area contributed by atoms with Crippen LogP contribution in [0, 0.1) is 11.7 Å². The fraction of sp³-hybridized carbons (Fsp3) is 0.458. The lowest BCUT2D eigenvalue weighted by Crippen LogP contribution is -2.42. The van der Waals surface area contributed by atoms with E-state index in [-0.39, 0.29) is 28.7 Å². The summed E-state index contributed by atoms with van der Waals surface area (Å²) in [5.41, 5.74) is 1.53. The van der Waals surface area contributed by atoms with E-state index in [4.69, 9.17) is 17.4 Å². The van der Waals surface area contributed by atoms with Gasteiger partial charge in [0.25, 0.3) is 0 Å². The van der Waals surface area contributed by atoms with E-state index in [1.165, 1.54) is 12.3 Å². The molecule has 1 aromatic carbocycles. The van der Waals surface area contributed by atoms with Gasteiger partial charge in [0.1, 0.15) is 5.82 Å². The van der Waals surface area contributed by atoms with Crippen LogP contribution in [-0.2, 0) is 16.1 Å². The Balaban J connectivity index is 1.50. The number of esters is 1.